The number of hydrogen-bond donors (Lipinski definition) is 2. The van der Waals surface area contributed by atoms with Crippen molar-refractivity contribution in [2.24, 2.45) is 11.7 Å². The summed E-state index contributed by atoms with van der Waals surface area (Å²) in [6, 6.07) is 2.67. The van der Waals surface area contributed by atoms with Crippen LogP contribution in [0, 0.1) is 11.7 Å². The number of phenolic OH excluding ortho intramolecular Hbond substituents is 1. The van der Waals surface area contributed by atoms with Crippen molar-refractivity contribution in [1.82, 2.24) is 0 Å². The van der Waals surface area contributed by atoms with Crippen molar-refractivity contribution in [3.05, 3.63) is 28.0 Å². The third-order valence-electron chi connectivity index (χ3n) is 2.55. The molecule has 1 aromatic rings. The molecule has 0 aliphatic heterocycles. The highest BCUT2D eigenvalue weighted by Crippen LogP contribution is 2.43. The van der Waals surface area contributed by atoms with E-state index in [2.05, 4.69) is 15.9 Å². The fourth-order valence-corrected chi connectivity index (χ4v) is 2.00. The average Bonchev–Trinajstić information content (AvgIpc) is 2.93. The van der Waals surface area contributed by atoms with Gasteiger partial charge in [-0.3, -0.25) is 0 Å². The Balaban J connectivity index is 0.00000112. The second-order valence-electron chi connectivity index (χ2n) is 3.69. The van der Waals surface area contributed by atoms with Crippen LogP contribution in [0.5, 0.6) is 5.75 Å². The van der Waals surface area contributed by atoms with Gasteiger partial charge < -0.3 is 10.8 Å². The molecular formula is C10H12BrClFNO. The zero-order chi connectivity index (χ0) is 10.3. The zero-order valence-corrected chi connectivity index (χ0v) is 10.3. The molecule has 0 aromatic heterocycles. The molecule has 0 amide bonds. The van der Waals surface area contributed by atoms with E-state index in [-0.39, 0.29) is 24.2 Å². The average molecular weight is 297 g/mol. The topological polar surface area (TPSA) is 46.2 Å². The molecular weight excluding hydrogens is 284 g/mol. The van der Waals surface area contributed by atoms with E-state index in [1.54, 1.807) is 6.07 Å². The minimum absolute atomic E-state index is 0. The Morgan fingerprint density at radius 2 is 2.07 bits per heavy atom. The normalized spacial score (nSPS) is 17.0. The highest BCUT2D eigenvalue weighted by Gasteiger charge is 2.31. The third kappa shape index (κ3) is 2.62. The Bertz CT molecular complexity index is 371. The largest absolute Gasteiger partial charge is 0.505 e. The second kappa shape index (κ2) is 4.68. The lowest BCUT2D eigenvalue weighted by Gasteiger charge is -2.13. The van der Waals surface area contributed by atoms with Gasteiger partial charge in [-0.1, -0.05) is 15.9 Å². The van der Waals surface area contributed by atoms with E-state index in [0.717, 1.165) is 12.8 Å². The lowest BCUT2D eigenvalue weighted by molar-refractivity contribution is 0.416. The van der Waals surface area contributed by atoms with Crippen LogP contribution >= 0.6 is 28.3 Å². The van der Waals surface area contributed by atoms with Crippen LogP contribution < -0.4 is 5.73 Å². The van der Waals surface area contributed by atoms with Crippen LogP contribution in [0.3, 0.4) is 0 Å². The van der Waals surface area contributed by atoms with Crippen LogP contribution in [0.25, 0.3) is 0 Å². The fraction of sp³-hybridized carbons (Fsp3) is 0.400. The van der Waals surface area contributed by atoms with Crippen LogP contribution in [0.2, 0.25) is 0 Å². The Kier molecular flexibility index (Phi) is 3.98. The van der Waals surface area contributed by atoms with Crippen LogP contribution in [0.4, 0.5) is 4.39 Å². The fourth-order valence-electron chi connectivity index (χ4n) is 1.55. The summed E-state index contributed by atoms with van der Waals surface area (Å²) in [5.74, 6) is -0.535. The minimum Gasteiger partial charge on any atom is -0.505 e. The number of aromatic hydroxyl groups is 1. The molecule has 1 fully saturated rings. The van der Waals surface area contributed by atoms with Gasteiger partial charge in [0.15, 0.2) is 11.6 Å². The molecule has 3 N–H and O–H groups in total. The number of phenols is 1. The Labute approximate surface area is 102 Å². The maximum atomic E-state index is 13.1. The molecule has 1 aliphatic carbocycles. The molecule has 0 unspecified atom stereocenters. The highest BCUT2D eigenvalue weighted by atomic mass is 79.9. The lowest BCUT2D eigenvalue weighted by atomic mass is 10.0. The van der Waals surface area contributed by atoms with E-state index in [9.17, 15) is 9.50 Å². The molecule has 2 nitrogen and oxygen atoms in total. The Morgan fingerprint density at radius 1 is 1.47 bits per heavy atom. The van der Waals surface area contributed by atoms with Gasteiger partial charge in [0.05, 0.1) is 0 Å². The van der Waals surface area contributed by atoms with Gasteiger partial charge in [0.25, 0.3) is 0 Å². The maximum Gasteiger partial charge on any atom is 0.166 e. The third-order valence-corrected chi connectivity index (χ3v) is 3.00. The first-order chi connectivity index (χ1) is 6.59. The highest BCUT2D eigenvalue weighted by molar-refractivity contribution is 9.10. The first kappa shape index (κ1) is 12.7. The molecule has 1 aromatic carbocycles. The molecule has 0 bridgehead atoms. The first-order valence-corrected chi connectivity index (χ1v) is 5.32. The number of hydrogen-bond acceptors (Lipinski definition) is 2. The number of nitrogens with two attached hydrogens (primary N) is 1. The summed E-state index contributed by atoms with van der Waals surface area (Å²) >= 11 is 3.18. The molecule has 1 saturated carbocycles. The Hall–Kier alpha value is -0.320. The minimum atomic E-state index is -0.620. The predicted octanol–water partition coefficient (Wildman–Crippen LogP) is 3.13. The van der Waals surface area contributed by atoms with Crippen LogP contribution in [0.15, 0.2) is 16.6 Å². The SMILES string of the molecule is Cl.N[C@H](c1cc(Br)cc(F)c1O)C1CC1. The summed E-state index contributed by atoms with van der Waals surface area (Å²) in [7, 11) is 0. The van der Waals surface area contributed by atoms with E-state index < -0.39 is 5.82 Å². The first-order valence-electron chi connectivity index (χ1n) is 4.53. The Morgan fingerprint density at radius 3 is 2.60 bits per heavy atom. The van der Waals surface area contributed by atoms with Crippen LogP contribution in [-0.2, 0) is 0 Å². The van der Waals surface area contributed by atoms with E-state index in [1.807, 2.05) is 0 Å². The van der Waals surface area contributed by atoms with Gasteiger partial charge in [-0.15, -0.1) is 12.4 Å². The summed E-state index contributed by atoms with van der Waals surface area (Å²) in [5, 5.41) is 9.49. The molecule has 0 heterocycles. The molecule has 0 radical (unpaired) electrons. The molecule has 0 spiro atoms. The van der Waals surface area contributed by atoms with Gasteiger partial charge >= 0.3 is 0 Å². The summed E-state index contributed by atoms with van der Waals surface area (Å²) in [6.45, 7) is 0. The standard InChI is InChI=1S/C10H11BrFNO.ClH/c11-6-3-7(9(13)5-1-2-5)10(14)8(12)4-6;/h3-5,9,14H,1-2,13H2;1H/t9-;/m0./s1. The molecule has 15 heavy (non-hydrogen) atoms. The van der Waals surface area contributed by atoms with E-state index >= 15 is 0 Å². The van der Waals surface area contributed by atoms with Gasteiger partial charge in [-0.05, 0) is 30.9 Å². The van der Waals surface area contributed by atoms with Crippen LogP contribution in [-0.4, -0.2) is 5.11 Å². The second-order valence-corrected chi connectivity index (χ2v) is 4.60. The number of halogens is 3. The van der Waals surface area contributed by atoms with E-state index in [4.69, 9.17) is 5.73 Å². The summed E-state index contributed by atoms with van der Waals surface area (Å²) < 4.78 is 13.8. The summed E-state index contributed by atoms with van der Waals surface area (Å²) in [4.78, 5) is 0. The van der Waals surface area contributed by atoms with Crippen LogP contribution in [0.1, 0.15) is 24.4 Å². The molecule has 5 heteroatoms. The van der Waals surface area contributed by atoms with E-state index in [0.29, 0.717) is 16.0 Å². The van der Waals surface area contributed by atoms with Crippen molar-refractivity contribution in [2.75, 3.05) is 0 Å². The van der Waals surface area contributed by atoms with Gasteiger partial charge in [-0.2, -0.15) is 0 Å². The van der Waals surface area contributed by atoms with Gasteiger partial charge in [-0.25, -0.2) is 4.39 Å². The zero-order valence-electron chi connectivity index (χ0n) is 7.91. The van der Waals surface area contributed by atoms with Crippen molar-refractivity contribution < 1.29 is 9.50 Å². The molecule has 84 valence electrons. The van der Waals surface area contributed by atoms with Crippen molar-refractivity contribution in [3.8, 4) is 5.75 Å². The molecule has 0 saturated heterocycles. The smallest absolute Gasteiger partial charge is 0.166 e. The quantitative estimate of drug-likeness (QED) is 0.881. The van der Waals surface area contributed by atoms with Crippen molar-refractivity contribution in [1.29, 1.82) is 0 Å². The number of rotatable bonds is 2. The molecule has 1 aliphatic rings. The molecule has 2 rings (SSSR count). The van der Waals surface area contributed by atoms with Gasteiger partial charge in [0, 0.05) is 16.1 Å². The van der Waals surface area contributed by atoms with Gasteiger partial charge in [0.2, 0.25) is 0 Å². The predicted molar refractivity (Wildman–Crippen MR) is 62.7 cm³/mol. The van der Waals surface area contributed by atoms with E-state index in [1.165, 1.54) is 6.07 Å². The van der Waals surface area contributed by atoms with Crippen molar-refractivity contribution in [2.45, 2.75) is 18.9 Å². The monoisotopic (exact) mass is 295 g/mol. The van der Waals surface area contributed by atoms with Gasteiger partial charge in [0.1, 0.15) is 0 Å². The maximum absolute atomic E-state index is 13.1. The number of benzene rings is 1. The van der Waals surface area contributed by atoms with Crippen molar-refractivity contribution >= 4 is 28.3 Å². The van der Waals surface area contributed by atoms with Crippen molar-refractivity contribution in [3.63, 3.8) is 0 Å². The summed E-state index contributed by atoms with van der Waals surface area (Å²) in [6.07, 6.45) is 2.13. The lowest BCUT2D eigenvalue weighted by Crippen LogP contribution is -2.13. The molecule has 1 atom stereocenters. The summed E-state index contributed by atoms with van der Waals surface area (Å²) in [5.41, 5.74) is 6.39.